The first kappa shape index (κ1) is 11.0. The quantitative estimate of drug-likeness (QED) is 0.584. The summed E-state index contributed by atoms with van der Waals surface area (Å²) in [5.41, 5.74) is 1.30. The highest BCUT2D eigenvalue weighted by Gasteiger charge is 2.09. The topological polar surface area (TPSA) is 85.9 Å². The third kappa shape index (κ3) is 2.98. The molecule has 0 bridgehead atoms. The number of hydrogen-bond acceptors (Lipinski definition) is 4. The molecule has 1 rings (SSSR count). The smallest absolute Gasteiger partial charge is 0.337 e. The molecule has 0 saturated carbocycles. The number of aromatic carboxylic acids is 1. The minimum absolute atomic E-state index is 0.128. The third-order valence-electron chi connectivity index (χ3n) is 1.73. The lowest BCUT2D eigenvalue weighted by Crippen LogP contribution is -1.97. The lowest BCUT2D eigenvalue weighted by molar-refractivity contribution is 0.0697. The van der Waals surface area contributed by atoms with E-state index in [-0.39, 0.29) is 12.1 Å². The van der Waals surface area contributed by atoms with Gasteiger partial charge in [-0.1, -0.05) is 11.6 Å². The van der Waals surface area contributed by atoms with Gasteiger partial charge in [0, 0.05) is 6.21 Å². The van der Waals surface area contributed by atoms with Gasteiger partial charge in [-0.3, -0.25) is 0 Å². The first-order chi connectivity index (χ1) is 7.15. The fourth-order valence-electron chi connectivity index (χ4n) is 1.07. The number of aryl methyl sites for hydroxylation is 1. The lowest BCUT2D eigenvalue weighted by Gasteiger charge is -2.00. The lowest BCUT2D eigenvalue weighted by atomic mass is 10.1. The molecule has 0 aliphatic heterocycles. The van der Waals surface area contributed by atoms with Gasteiger partial charge in [0.15, 0.2) is 0 Å². The molecular weight excluding hydrogens is 194 g/mol. The summed E-state index contributed by atoms with van der Waals surface area (Å²) in [7, 11) is 0. The van der Waals surface area contributed by atoms with Crippen LogP contribution in [0, 0.1) is 12.3 Å². The first-order valence-corrected chi connectivity index (χ1v) is 4.35. The van der Waals surface area contributed by atoms with E-state index in [1.54, 1.807) is 18.2 Å². The molecule has 2 N–H and O–H groups in total. The average molecular weight is 205 g/mol. The predicted molar refractivity (Wildman–Crippen MR) is 56.3 cm³/mol. The number of carbonyl (C=O) groups is 1. The number of nitrogens with one attached hydrogen (secondary N) is 1. The van der Waals surface area contributed by atoms with E-state index < -0.39 is 5.97 Å². The van der Waals surface area contributed by atoms with Crippen LogP contribution in [0.1, 0.15) is 15.9 Å². The van der Waals surface area contributed by atoms with Gasteiger partial charge in [0.1, 0.15) is 0 Å². The van der Waals surface area contributed by atoms with Crippen LogP contribution in [0.25, 0.3) is 0 Å². The van der Waals surface area contributed by atoms with Gasteiger partial charge in [-0.15, -0.1) is 0 Å². The van der Waals surface area contributed by atoms with Crippen molar-refractivity contribution < 1.29 is 9.90 Å². The molecule has 0 atom stereocenters. The monoisotopic (exact) mass is 205 g/mol. The van der Waals surface area contributed by atoms with Gasteiger partial charge in [-0.25, -0.2) is 4.79 Å². The standard InChI is InChI=1S/C10H11N3O2/c1-7-2-3-9(13-12-5-4-11)8(6-7)10(14)15/h2-4,6,11H,5H2,1H3,(H,14,15). The molecule has 0 unspecified atom stereocenters. The Labute approximate surface area is 87.0 Å². The number of azo groups is 1. The Bertz CT molecular complexity index is 413. The number of carboxylic acid groups (broad SMARTS) is 1. The van der Waals surface area contributed by atoms with E-state index in [0.29, 0.717) is 5.69 Å². The minimum atomic E-state index is -1.03. The van der Waals surface area contributed by atoms with Crippen molar-refractivity contribution in [3.8, 4) is 0 Å². The summed E-state index contributed by atoms with van der Waals surface area (Å²) in [5.74, 6) is -1.03. The third-order valence-corrected chi connectivity index (χ3v) is 1.73. The van der Waals surface area contributed by atoms with Crippen molar-refractivity contribution in [2.45, 2.75) is 6.92 Å². The summed E-state index contributed by atoms with van der Waals surface area (Å²) in [6.07, 6.45) is 1.10. The van der Waals surface area contributed by atoms with Crippen molar-refractivity contribution in [1.82, 2.24) is 0 Å². The zero-order valence-corrected chi connectivity index (χ0v) is 8.27. The highest BCUT2D eigenvalue weighted by molar-refractivity contribution is 5.93. The van der Waals surface area contributed by atoms with Gasteiger partial charge in [-0.2, -0.15) is 10.2 Å². The molecule has 0 aromatic heterocycles. The zero-order valence-electron chi connectivity index (χ0n) is 8.27. The van der Waals surface area contributed by atoms with Crippen molar-refractivity contribution in [2.24, 2.45) is 10.2 Å². The molecule has 0 radical (unpaired) electrons. The fourth-order valence-corrected chi connectivity index (χ4v) is 1.07. The first-order valence-electron chi connectivity index (χ1n) is 4.35. The Morgan fingerprint density at radius 3 is 2.93 bits per heavy atom. The van der Waals surface area contributed by atoms with E-state index in [9.17, 15) is 4.79 Å². The van der Waals surface area contributed by atoms with Crippen molar-refractivity contribution in [1.29, 1.82) is 5.41 Å². The average Bonchev–Trinajstić information content (AvgIpc) is 2.20. The molecule has 15 heavy (non-hydrogen) atoms. The van der Waals surface area contributed by atoms with Crippen LogP contribution in [-0.4, -0.2) is 23.8 Å². The maximum absolute atomic E-state index is 10.9. The Kier molecular flexibility index (Phi) is 3.68. The van der Waals surface area contributed by atoms with E-state index in [4.69, 9.17) is 10.5 Å². The maximum atomic E-state index is 10.9. The van der Waals surface area contributed by atoms with Gasteiger partial charge in [0.05, 0.1) is 17.8 Å². The van der Waals surface area contributed by atoms with E-state index in [2.05, 4.69) is 10.2 Å². The predicted octanol–water partition coefficient (Wildman–Crippen LogP) is 2.43. The molecule has 5 heteroatoms. The van der Waals surface area contributed by atoms with Gasteiger partial charge in [0.25, 0.3) is 0 Å². The van der Waals surface area contributed by atoms with Crippen LogP contribution in [0.3, 0.4) is 0 Å². The molecule has 0 aliphatic carbocycles. The van der Waals surface area contributed by atoms with E-state index in [1.165, 1.54) is 0 Å². The molecule has 78 valence electrons. The minimum Gasteiger partial charge on any atom is -0.478 e. The molecule has 1 aromatic rings. The molecule has 0 saturated heterocycles. The number of carboxylic acids is 1. The molecule has 0 fully saturated rings. The van der Waals surface area contributed by atoms with E-state index in [0.717, 1.165) is 11.8 Å². The van der Waals surface area contributed by atoms with Crippen LogP contribution in [-0.2, 0) is 0 Å². The van der Waals surface area contributed by atoms with E-state index in [1.807, 2.05) is 6.92 Å². The van der Waals surface area contributed by atoms with Crippen molar-refractivity contribution in [3.63, 3.8) is 0 Å². The van der Waals surface area contributed by atoms with Crippen LogP contribution in [0.5, 0.6) is 0 Å². The number of hydrogen-bond donors (Lipinski definition) is 2. The van der Waals surface area contributed by atoms with Crippen LogP contribution in [0.15, 0.2) is 28.4 Å². The summed E-state index contributed by atoms with van der Waals surface area (Å²) in [6.45, 7) is 1.97. The fraction of sp³-hybridized carbons (Fsp3) is 0.200. The second kappa shape index (κ2) is 4.99. The molecular formula is C10H11N3O2. The SMILES string of the molecule is Cc1ccc(N=NCC=N)c(C(=O)O)c1. The van der Waals surface area contributed by atoms with Crippen molar-refractivity contribution in [3.05, 3.63) is 29.3 Å². The van der Waals surface area contributed by atoms with Gasteiger partial charge >= 0.3 is 5.97 Å². The summed E-state index contributed by atoms with van der Waals surface area (Å²) < 4.78 is 0. The Morgan fingerprint density at radius 2 is 2.33 bits per heavy atom. The van der Waals surface area contributed by atoms with Crippen LogP contribution >= 0.6 is 0 Å². The molecule has 0 heterocycles. The Balaban J connectivity index is 3.05. The number of nitrogens with zero attached hydrogens (tertiary/aromatic N) is 2. The number of rotatable bonds is 4. The molecule has 5 nitrogen and oxygen atoms in total. The van der Waals surface area contributed by atoms with Gasteiger partial charge < -0.3 is 10.5 Å². The summed E-state index contributed by atoms with van der Waals surface area (Å²) in [6, 6.07) is 4.92. The zero-order chi connectivity index (χ0) is 11.3. The molecule has 0 amide bonds. The van der Waals surface area contributed by atoms with E-state index >= 15 is 0 Å². The number of benzene rings is 1. The van der Waals surface area contributed by atoms with Crippen LogP contribution < -0.4 is 0 Å². The normalized spacial score (nSPS) is 10.5. The molecule has 0 spiro atoms. The second-order valence-corrected chi connectivity index (χ2v) is 2.95. The maximum Gasteiger partial charge on any atom is 0.337 e. The van der Waals surface area contributed by atoms with Crippen molar-refractivity contribution in [2.75, 3.05) is 6.54 Å². The summed E-state index contributed by atoms with van der Waals surface area (Å²) >= 11 is 0. The highest BCUT2D eigenvalue weighted by atomic mass is 16.4. The van der Waals surface area contributed by atoms with Crippen molar-refractivity contribution >= 4 is 17.9 Å². The molecule has 1 aromatic carbocycles. The van der Waals surface area contributed by atoms with Crippen LogP contribution in [0.4, 0.5) is 5.69 Å². The highest BCUT2D eigenvalue weighted by Crippen LogP contribution is 2.20. The summed E-state index contributed by atoms with van der Waals surface area (Å²) in [5, 5.41) is 23.0. The summed E-state index contributed by atoms with van der Waals surface area (Å²) in [4.78, 5) is 10.9. The van der Waals surface area contributed by atoms with Gasteiger partial charge in [-0.05, 0) is 19.1 Å². The largest absolute Gasteiger partial charge is 0.478 e. The van der Waals surface area contributed by atoms with Crippen LogP contribution in [0.2, 0.25) is 0 Å². The Morgan fingerprint density at radius 1 is 1.60 bits per heavy atom. The molecule has 0 aliphatic rings. The Hall–Kier alpha value is -2.04. The van der Waals surface area contributed by atoms with Gasteiger partial charge in [0.2, 0.25) is 0 Å². The second-order valence-electron chi connectivity index (χ2n) is 2.95.